The van der Waals surface area contributed by atoms with Crippen LogP contribution < -0.4 is 15.5 Å². The molecule has 0 atom stereocenters. The number of carbonyl (C=O) groups is 1. The Bertz CT molecular complexity index is 372. The second kappa shape index (κ2) is 5.54. The van der Waals surface area contributed by atoms with Crippen LogP contribution in [0, 0.1) is 0 Å². The lowest BCUT2D eigenvalue weighted by atomic mass is 10.2. The van der Waals surface area contributed by atoms with Gasteiger partial charge in [-0.05, 0) is 17.7 Å². The van der Waals surface area contributed by atoms with E-state index in [1.165, 1.54) is 5.69 Å². The third-order valence-electron chi connectivity index (χ3n) is 2.86. The van der Waals surface area contributed by atoms with Crippen LogP contribution in [0.3, 0.4) is 0 Å². The number of nitrogens with one attached hydrogen (secondary N) is 2. The lowest BCUT2D eigenvalue weighted by molar-refractivity contribution is 0.194. The minimum Gasteiger partial charge on any atom is -0.465 e. The molecule has 0 spiro atoms. The van der Waals surface area contributed by atoms with Gasteiger partial charge in [-0.1, -0.05) is 12.1 Å². The van der Waals surface area contributed by atoms with E-state index < -0.39 is 6.09 Å². The summed E-state index contributed by atoms with van der Waals surface area (Å²) in [5.41, 5.74) is 2.18. The molecule has 1 aromatic carbocycles. The maximum Gasteiger partial charge on any atom is 0.404 e. The van der Waals surface area contributed by atoms with E-state index in [0.29, 0.717) is 6.54 Å². The predicted octanol–water partition coefficient (Wildman–Crippen LogP) is 0.864. The zero-order valence-electron chi connectivity index (χ0n) is 9.65. The Morgan fingerprint density at radius 1 is 1.29 bits per heavy atom. The molecular formula is C12H17N3O2. The van der Waals surface area contributed by atoms with E-state index in [1.54, 1.807) is 0 Å². The largest absolute Gasteiger partial charge is 0.465 e. The van der Waals surface area contributed by atoms with Crippen molar-refractivity contribution in [2.75, 3.05) is 31.1 Å². The van der Waals surface area contributed by atoms with Gasteiger partial charge in [-0.2, -0.15) is 0 Å². The van der Waals surface area contributed by atoms with E-state index in [-0.39, 0.29) is 0 Å². The molecule has 1 aliphatic heterocycles. The number of rotatable bonds is 3. The van der Waals surface area contributed by atoms with E-state index in [2.05, 4.69) is 15.5 Å². The fraction of sp³-hybridized carbons (Fsp3) is 0.417. The van der Waals surface area contributed by atoms with Gasteiger partial charge in [-0.15, -0.1) is 0 Å². The molecule has 0 aromatic heterocycles. The van der Waals surface area contributed by atoms with Gasteiger partial charge in [-0.3, -0.25) is 0 Å². The van der Waals surface area contributed by atoms with Crippen LogP contribution in [0.5, 0.6) is 0 Å². The van der Waals surface area contributed by atoms with Gasteiger partial charge in [0.05, 0.1) is 0 Å². The predicted molar refractivity (Wildman–Crippen MR) is 66.4 cm³/mol. The van der Waals surface area contributed by atoms with Crippen molar-refractivity contribution in [3.05, 3.63) is 29.8 Å². The molecule has 0 saturated carbocycles. The van der Waals surface area contributed by atoms with Gasteiger partial charge >= 0.3 is 6.09 Å². The van der Waals surface area contributed by atoms with E-state index >= 15 is 0 Å². The van der Waals surface area contributed by atoms with Gasteiger partial charge in [0.2, 0.25) is 0 Å². The smallest absolute Gasteiger partial charge is 0.404 e. The quantitative estimate of drug-likeness (QED) is 0.727. The lowest BCUT2D eigenvalue weighted by Crippen LogP contribution is -2.43. The first-order valence-electron chi connectivity index (χ1n) is 5.77. The summed E-state index contributed by atoms with van der Waals surface area (Å²) in [7, 11) is 0. The second-order valence-electron chi connectivity index (χ2n) is 4.06. The van der Waals surface area contributed by atoms with E-state index in [4.69, 9.17) is 5.11 Å². The van der Waals surface area contributed by atoms with E-state index in [1.807, 2.05) is 24.3 Å². The molecule has 1 heterocycles. The number of nitrogens with zero attached hydrogens (tertiary/aromatic N) is 1. The normalized spacial score (nSPS) is 15.6. The summed E-state index contributed by atoms with van der Waals surface area (Å²) < 4.78 is 0. The number of carboxylic acid groups (broad SMARTS) is 1. The van der Waals surface area contributed by atoms with Crippen molar-refractivity contribution < 1.29 is 9.90 Å². The highest BCUT2D eigenvalue weighted by molar-refractivity contribution is 5.64. The van der Waals surface area contributed by atoms with Crippen molar-refractivity contribution in [3.8, 4) is 0 Å². The number of benzene rings is 1. The van der Waals surface area contributed by atoms with Gasteiger partial charge in [0.15, 0.2) is 0 Å². The van der Waals surface area contributed by atoms with Crippen molar-refractivity contribution >= 4 is 11.8 Å². The van der Waals surface area contributed by atoms with Gasteiger partial charge in [0.1, 0.15) is 0 Å². The van der Waals surface area contributed by atoms with E-state index in [9.17, 15) is 4.79 Å². The Labute approximate surface area is 100 Å². The standard InChI is InChI=1S/C12H17N3O2/c16-12(17)14-9-10-1-3-11(4-2-10)15-7-5-13-6-8-15/h1-4,13-14H,5-9H2,(H,16,17). The summed E-state index contributed by atoms with van der Waals surface area (Å²) in [5, 5.41) is 14.2. The van der Waals surface area contributed by atoms with Crippen molar-refractivity contribution in [2.45, 2.75) is 6.54 Å². The molecule has 0 bridgehead atoms. The number of piperazine rings is 1. The minimum absolute atomic E-state index is 0.358. The summed E-state index contributed by atoms with van der Waals surface area (Å²) in [6.45, 7) is 4.43. The third kappa shape index (κ3) is 3.35. The van der Waals surface area contributed by atoms with Crippen LogP contribution in [0.15, 0.2) is 24.3 Å². The van der Waals surface area contributed by atoms with Gasteiger partial charge < -0.3 is 20.6 Å². The SMILES string of the molecule is O=C(O)NCc1ccc(N2CCNCC2)cc1. The molecule has 3 N–H and O–H groups in total. The zero-order chi connectivity index (χ0) is 12.1. The summed E-state index contributed by atoms with van der Waals surface area (Å²) in [6, 6.07) is 8.02. The summed E-state index contributed by atoms with van der Waals surface area (Å²) in [4.78, 5) is 12.7. The average Bonchev–Trinajstić information content (AvgIpc) is 2.38. The molecule has 92 valence electrons. The van der Waals surface area contributed by atoms with Crippen LogP contribution in [0.2, 0.25) is 0 Å². The maximum absolute atomic E-state index is 10.4. The van der Waals surface area contributed by atoms with Crippen LogP contribution in [0.4, 0.5) is 10.5 Å². The first kappa shape index (κ1) is 11.7. The molecule has 5 nitrogen and oxygen atoms in total. The number of hydrogen-bond donors (Lipinski definition) is 3. The summed E-state index contributed by atoms with van der Waals surface area (Å²) in [5.74, 6) is 0. The molecule has 5 heteroatoms. The van der Waals surface area contributed by atoms with Gasteiger partial charge in [0, 0.05) is 38.4 Å². The van der Waals surface area contributed by atoms with Crippen molar-refractivity contribution in [1.29, 1.82) is 0 Å². The van der Waals surface area contributed by atoms with Crippen LogP contribution >= 0.6 is 0 Å². The van der Waals surface area contributed by atoms with Gasteiger partial charge in [0.25, 0.3) is 0 Å². The molecule has 0 aliphatic carbocycles. The molecule has 2 rings (SSSR count). The summed E-state index contributed by atoms with van der Waals surface area (Å²) in [6.07, 6.45) is -0.990. The monoisotopic (exact) mass is 235 g/mol. The number of amides is 1. The van der Waals surface area contributed by atoms with Gasteiger partial charge in [-0.25, -0.2) is 4.79 Å². The molecule has 0 unspecified atom stereocenters. The van der Waals surface area contributed by atoms with Crippen LogP contribution in [0.1, 0.15) is 5.56 Å². The summed E-state index contributed by atoms with van der Waals surface area (Å²) >= 11 is 0. The highest BCUT2D eigenvalue weighted by atomic mass is 16.4. The van der Waals surface area contributed by atoms with Crippen molar-refractivity contribution in [2.24, 2.45) is 0 Å². The molecular weight excluding hydrogens is 218 g/mol. The molecule has 0 radical (unpaired) electrons. The van der Waals surface area contributed by atoms with E-state index in [0.717, 1.165) is 31.7 Å². The molecule has 1 amide bonds. The molecule has 1 fully saturated rings. The highest BCUT2D eigenvalue weighted by Crippen LogP contribution is 2.15. The molecule has 1 saturated heterocycles. The van der Waals surface area contributed by atoms with Crippen molar-refractivity contribution in [1.82, 2.24) is 10.6 Å². The maximum atomic E-state index is 10.4. The fourth-order valence-corrected chi connectivity index (χ4v) is 1.93. The van der Waals surface area contributed by atoms with Crippen molar-refractivity contribution in [3.63, 3.8) is 0 Å². The minimum atomic E-state index is -0.990. The Kier molecular flexibility index (Phi) is 3.82. The van der Waals surface area contributed by atoms with Crippen LogP contribution in [0.25, 0.3) is 0 Å². The second-order valence-corrected chi connectivity index (χ2v) is 4.06. The molecule has 1 aromatic rings. The Balaban J connectivity index is 1.94. The lowest BCUT2D eigenvalue weighted by Gasteiger charge is -2.29. The average molecular weight is 235 g/mol. The first-order chi connectivity index (χ1) is 8.25. The Hall–Kier alpha value is -1.75. The third-order valence-corrected chi connectivity index (χ3v) is 2.86. The fourth-order valence-electron chi connectivity index (χ4n) is 1.93. The number of hydrogen-bond acceptors (Lipinski definition) is 3. The Morgan fingerprint density at radius 2 is 1.94 bits per heavy atom. The van der Waals surface area contributed by atoms with Crippen LogP contribution in [-0.2, 0) is 6.54 Å². The Morgan fingerprint density at radius 3 is 2.53 bits per heavy atom. The van der Waals surface area contributed by atoms with Crippen LogP contribution in [-0.4, -0.2) is 37.4 Å². The highest BCUT2D eigenvalue weighted by Gasteiger charge is 2.09. The first-order valence-corrected chi connectivity index (χ1v) is 5.77. The topological polar surface area (TPSA) is 64.6 Å². The number of anilines is 1. The molecule has 1 aliphatic rings. The molecule has 17 heavy (non-hydrogen) atoms. The zero-order valence-corrected chi connectivity index (χ0v) is 9.65.